The summed E-state index contributed by atoms with van der Waals surface area (Å²) in [5.41, 5.74) is -0.615. The number of halogens is 4. The molecule has 2 heterocycles. The van der Waals surface area contributed by atoms with Gasteiger partial charge in [0.25, 0.3) is 0 Å². The van der Waals surface area contributed by atoms with Crippen molar-refractivity contribution in [1.29, 1.82) is 0 Å². The fraction of sp³-hybridized carbons (Fsp3) is 0.529. The van der Waals surface area contributed by atoms with Crippen LogP contribution in [0.1, 0.15) is 43.6 Å². The minimum absolute atomic E-state index is 0.165. The fourth-order valence-corrected chi connectivity index (χ4v) is 4.57. The number of aryl methyl sites for hydroxylation is 1. The predicted molar refractivity (Wildman–Crippen MR) is 94.5 cm³/mol. The van der Waals surface area contributed by atoms with Crippen LogP contribution >= 0.6 is 22.9 Å². The summed E-state index contributed by atoms with van der Waals surface area (Å²) >= 11 is 7.43. The molecule has 2 aliphatic rings. The number of thiophene rings is 1. The quantitative estimate of drug-likeness (QED) is 0.747. The first kappa shape index (κ1) is 17.9. The second-order valence-corrected chi connectivity index (χ2v) is 8.72. The summed E-state index contributed by atoms with van der Waals surface area (Å²) in [6, 6.07) is 3.65. The Balaban J connectivity index is 1.72. The molecule has 1 amide bonds. The van der Waals surface area contributed by atoms with Gasteiger partial charge in [0.15, 0.2) is 5.82 Å². The molecule has 0 saturated heterocycles. The van der Waals surface area contributed by atoms with Gasteiger partial charge in [-0.25, -0.2) is 0 Å². The Hall–Kier alpha value is -1.54. The summed E-state index contributed by atoms with van der Waals surface area (Å²) in [6.07, 6.45) is -1.94. The number of anilines is 1. The summed E-state index contributed by atoms with van der Waals surface area (Å²) in [4.78, 5) is 13.3. The first-order valence-corrected chi connectivity index (χ1v) is 9.63. The third-order valence-electron chi connectivity index (χ3n) is 5.36. The molecular formula is C17H17ClF3N3OS. The number of nitrogens with zero attached hydrogens (tertiary/aromatic N) is 2. The highest BCUT2D eigenvalue weighted by molar-refractivity contribution is 7.19. The summed E-state index contributed by atoms with van der Waals surface area (Å²) in [5.74, 6) is -0.562. The van der Waals surface area contributed by atoms with E-state index < -0.39 is 17.5 Å². The summed E-state index contributed by atoms with van der Waals surface area (Å²) in [5, 5.41) is 6.83. The topological polar surface area (TPSA) is 46.9 Å². The molecule has 2 fully saturated rings. The molecule has 0 bridgehead atoms. The Morgan fingerprint density at radius 2 is 2.08 bits per heavy atom. The molecule has 2 aromatic heterocycles. The van der Waals surface area contributed by atoms with Crippen molar-refractivity contribution in [1.82, 2.24) is 9.78 Å². The van der Waals surface area contributed by atoms with E-state index in [1.807, 2.05) is 6.07 Å². The van der Waals surface area contributed by atoms with E-state index in [4.69, 9.17) is 11.6 Å². The highest BCUT2D eigenvalue weighted by Crippen LogP contribution is 2.58. The average Bonchev–Trinajstić information content (AvgIpc) is 3.14. The average molecular weight is 404 g/mol. The molecule has 1 N–H and O–H groups in total. The lowest BCUT2D eigenvalue weighted by atomic mass is 9.79. The van der Waals surface area contributed by atoms with Crippen LogP contribution in [0.25, 0.3) is 10.6 Å². The number of aromatic nitrogens is 2. The lowest BCUT2D eigenvalue weighted by Crippen LogP contribution is -2.37. The number of rotatable bonds is 4. The molecule has 2 aliphatic carbocycles. The smallest absolute Gasteiger partial charge is 0.308 e. The van der Waals surface area contributed by atoms with Crippen molar-refractivity contribution >= 4 is 34.7 Å². The van der Waals surface area contributed by atoms with Crippen molar-refractivity contribution in [3.8, 4) is 10.6 Å². The number of carbonyl (C=O) groups excluding carboxylic acids is 1. The molecule has 2 aromatic rings. The minimum Gasteiger partial charge on any atom is -0.308 e. The van der Waals surface area contributed by atoms with E-state index in [1.165, 1.54) is 11.3 Å². The molecule has 140 valence electrons. The third kappa shape index (κ3) is 2.74. The van der Waals surface area contributed by atoms with Crippen molar-refractivity contribution in [2.45, 2.75) is 44.2 Å². The zero-order chi connectivity index (χ0) is 18.7. The molecule has 0 aliphatic heterocycles. The van der Waals surface area contributed by atoms with E-state index in [-0.39, 0.29) is 24.6 Å². The van der Waals surface area contributed by atoms with Gasteiger partial charge in [0, 0.05) is 12.6 Å². The van der Waals surface area contributed by atoms with Gasteiger partial charge in [-0.15, -0.1) is 11.3 Å². The maximum absolute atomic E-state index is 13.2. The van der Waals surface area contributed by atoms with E-state index in [2.05, 4.69) is 10.4 Å². The summed E-state index contributed by atoms with van der Waals surface area (Å²) in [6.45, 7) is 0. The van der Waals surface area contributed by atoms with Crippen LogP contribution in [0.5, 0.6) is 0 Å². The predicted octanol–water partition coefficient (Wildman–Crippen LogP) is 5.35. The Morgan fingerprint density at radius 3 is 2.54 bits per heavy atom. The highest BCUT2D eigenvalue weighted by Gasteiger charge is 2.68. The minimum atomic E-state index is -4.54. The number of hydrogen-bond acceptors (Lipinski definition) is 3. The van der Waals surface area contributed by atoms with E-state index in [0.717, 1.165) is 35.4 Å². The van der Waals surface area contributed by atoms with Crippen LogP contribution in [0.4, 0.5) is 19.0 Å². The van der Waals surface area contributed by atoms with Crippen LogP contribution in [-0.4, -0.2) is 21.9 Å². The van der Waals surface area contributed by atoms with E-state index in [9.17, 15) is 18.0 Å². The van der Waals surface area contributed by atoms with Crippen molar-refractivity contribution in [3.63, 3.8) is 0 Å². The zero-order valence-corrected chi connectivity index (χ0v) is 15.6. The van der Waals surface area contributed by atoms with Crippen LogP contribution < -0.4 is 5.32 Å². The van der Waals surface area contributed by atoms with Gasteiger partial charge in [0.2, 0.25) is 5.91 Å². The summed E-state index contributed by atoms with van der Waals surface area (Å²) < 4.78 is 42.0. The largest absolute Gasteiger partial charge is 0.403 e. The Kier molecular flexibility index (Phi) is 4.11. The van der Waals surface area contributed by atoms with Gasteiger partial charge in [-0.1, -0.05) is 18.0 Å². The molecule has 0 radical (unpaired) electrons. The summed E-state index contributed by atoms with van der Waals surface area (Å²) in [7, 11) is 1.73. The number of carbonyl (C=O) groups is 1. The third-order valence-corrected chi connectivity index (χ3v) is 6.60. The molecule has 0 atom stereocenters. The van der Waals surface area contributed by atoms with Gasteiger partial charge >= 0.3 is 6.18 Å². The van der Waals surface area contributed by atoms with Crippen molar-refractivity contribution in [2.24, 2.45) is 12.5 Å². The lowest BCUT2D eigenvalue weighted by molar-refractivity contribution is -0.189. The second kappa shape index (κ2) is 5.99. The van der Waals surface area contributed by atoms with Gasteiger partial charge in [-0.3, -0.25) is 9.48 Å². The molecule has 9 heteroatoms. The van der Waals surface area contributed by atoms with Crippen molar-refractivity contribution in [3.05, 3.63) is 22.0 Å². The van der Waals surface area contributed by atoms with Crippen LogP contribution in [0.3, 0.4) is 0 Å². The molecule has 4 nitrogen and oxygen atoms in total. The van der Waals surface area contributed by atoms with Gasteiger partial charge in [0.05, 0.1) is 14.9 Å². The molecular weight excluding hydrogens is 387 g/mol. The van der Waals surface area contributed by atoms with E-state index in [1.54, 1.807) is 17.8 Å². The Bertz CT molecular complexity index is 865. The number of hydrogen-bond donors (Lipinski definition) is 1. The van der Waals surface area contributed by atoms with Crippen LogP contribution in [0.2, 0.25) is 4.34 Å². The van der Waals surface area contributed by atoms with E-state index in [0.29, 0.717) is 4.34 Å². The standard InChI is InChI=1S/C17H17ClF3N3OS/c1-24-13(10-5-6-11(18)26-10)12(9-3-2-4-9)14(23-24)22-15(25)16(7-8-16)17(19,20)21/h5-6,9H,2-4,7-8H2,1H3,(H,22,23,25). The zero-order valence-electron chi connectivity index (χ0n) is 14.0. The maximum Gasteiger partial charge on any atom is 0.403 e. The number of nitrogens with one attached hydrogen (secondary N) is 1. The monoisotopic (exact) mass is 403 g/mol. The first-order valence-electron chi connectivity index (χ1n) is 8.44. The van der Waals surface area contributed by atoms with Crippen molar-refractivity contribution in [2.75, 3.05) is 5.32 Å². The van der Waals surface area contributed by atoms with Crippen molar-refractivity contribution < 1.29 is 18.0 Å². The first-order chi connectivity index (χ1) is 12.2. The van der Waals surface area contributed by atoms with Gasteiger partial charge in [-0.05, 0) is 43.7 Å². The van der Waals surface area contributed by atoms with Crippen LogP contribution in [0, 0.1) is 5.41 Å². The van der Waals surface area contributed by atoms with Crippen LogP contribution in [-0.2, 0) is 11.8 Å². The van der Waals surface area contributed by atoms with Gasteiger partial charge in [0.1, 0.15) is 5.41 Å². The normalized spacial score (nSPS) is 19.3. The highest BCUT2D eigenvalue weighted by atomic mass is 35.5. The maximum atomic E-state index is 13.2. The molecule has 0 spiro atoms. The SMILES string of the molecule is Cn1nc(NC(=O)C2(C(F)(F)F)CC2)c(C2CCC2)c1-c1ccc(Cl)s1. The molecule has 26 heavy (non-hydrogen) atoms. The fourth-order valence-electron chi connectivity index (χ4n) is 3.44. The van der Waals surface area contributed by atoms with Crippen LogP contribution in [0.15, 0.2) is 12.1 Å². The van der Waals surface area contributed by atoms with Gasteiger partial charge < -0.3 is 5.32 Å². The van der Waals surface area contributed by atoms with Gasteiger partial charge in [-0.2, -0.15) is 18.3 Å². The van der Waals surface area contributed by atoms with E-state index >= 15 is 0 Å². The Morgan fingerprint density at radius 1 is 1.38 bits per heavy atom. The number of amides is 1. The molecule has 0 unspecified atom stereocenters. The Labute approximate surface area is 157 Å². The molecule has 2 saturated carbocycles. The molecule has 4 rings (SSSR count). The second-order valence-electron chi connectivity index (χ2n) is 7.00. The lowest BCUT2D eigenvalue weighted by Gasteiger charge is -2.27. The molecule has 0 aromatic carbocycles. The number of alkyl halides is 3.